The third kappa shape index (κ3) is 6.54. The number of amides is 2. The van der Waals surface area contributed by atoms with Gasteiger partial charge in [0.15, 0.2) is 0 Å². The van der Waals surface area contributed by atoms with E-state index in [1.54, 1.807) is 4.90 Å². The van der Waals surface area contributed by atoms with Gasteiger partial charge in [0.25, 0.3) is 0 Å². The van der Waals surface area contributed by atoms with E-state index in [1.165, 1.54) is 37.7 Å². The number of piperazine rings is 1. The van der Waals surface area contributed by atoms with Crippen LogP contribution in [0.15, 0.2) is 18.2 Å². The zero-order chi connectivity index (χ0) is 22.2. The number of aryl methyl sites for hydroxylation is 2. The van der Waals surface area contributed by atoms with Gasteiger partial charge in [0.2, 0.25) is 11.8 Å². The predicted molar refractivity (Wildman–Crippen MR) is 123 cm³/mol. The molecule has 1 aromatic rings. The van der Waals surface area contributed by atoms with Gasteiger partial charge in [-0.05, 0) is 55.9 Å². The van der Waals surface area contributed by atoms with Gasteiger partial charge < -0.3 is 9.80 Å². The third-order valence-electron chi connectivity index (χ3n) is 6.82. The maximum absolute atomic E-state index is 13.1. The molecule has 6 heteroatoms. The van der Waals surface area contributed by atoms with Crippen LogP contribution >= 0.6 is 0 Å². The fourth-order valence-corrected chi connectivity index (χ4v) is 4.65. The van der Waals surface area contributed by atoms with Gasteiger partial charge in [-0.3, -0.25) is 14.5 Å². The van der Waals surface area contributed by atoms with Crippen LogP contribution in [0.4, 0.5) is 5.69 Å². The molecular weight excluding hydrogens is 388 g/mol. The van der Waals surface area contributed by atoms with E-state index < -0.39 is 0 Å². The lowest BCUT2D eigenvalue weighted by atomic mass is 9.86. The van der Waals surface area contributed by atoms with Crippen LogP contribution in [0.3, 0.4) is 0 Å². The molecule has 1 saturated carbocycles. The maximum Gasteiger partial charge on any atom is 0.241 e. The molecule has 1 aromatic carbocycles. The lowest BCUT2D eigenvalue weighted by Crippen LogP contribution is -2.52. The minimum atomic E-state index is 0.0143. The van der Waals surface area contributed by atoms with Crippen LogP contribution in [0, 0.1) is 31.1 Å². The molecule has 1 aliphatic heterocycles. The van der Waals surface area contributed by atoms with Crippen molar-refractivity contribution in [3.8, 4) is 6.07 Å². The first-order valence-electron chi connectivity index (χ1n) is 11.7. The van der Waals surface area contributed by atoms with E-state index in [4.69, 9.17) is 5.26 Å². The van der Waals surface area contributed by atoms with Crippen molar-refractivity contribution >= 4 is 17.5 Å². The Bertz CT molecular complexity index is 802. The molecule has 0 atom stereocenters. The Hall–Kier alpha value is -2.39. The van der Waals surface area contributed by atoms with E-state index in [0.717, 1.165) is 24.3 Å². The summed E-state index contributed by atoms with van der Waals surface area (Å²) in [5, 5.41) is 9.03. The van der Waals surface area contributed by atoms with E-state index in [0.29, 0.717) is 44.9 Å². The summed E-state index contributed by atoms with van der Waals surface area (Å²) in [4.78, 5) is 31.6. The summed E-state index contributed by atoms with van der Waals surface area (Å²) in [7, 11) is 0. The monoisotopic (exact) mass is 424 g/mol. The van der Waals surface area contributed by atoms with Gasteiger partial charge in [-0.15, -0.1) is 0 Å². The van der Waals surface area contributed by atoms with Gasteiger partial charge in [0.1, 0.15) is 0 Å². The fraction of sp³-hybridized carbons (Fsp3) is 0.640. The van der Waals surface area contributed by atoms with Crippen LogP contribution in [0.25, 0.3) is 0 Å². The molecule has 0 aromatic heterocycles. The molecule has 3 rings (SSSR count). The molecule has 0 bridgehead atoms. The highest BCUT2D eigenvalue weighted by atomic mass is 16.2. The van der Waals surface area contributed by atoms with Crippen molar-refractivity contribution in [1.29, 1.82) is 5.26 Å². The summed E-state index contributed by atoms with van der Waals surface area (Å²) < 4.78 is 0. The van der Waals surface area contributed by atoms with Crippen LogP contribution in [0.5, 0.6) is 0 Å². The summed E-state index contributed by atoms with van der Waals surface area (Å²) >= 11 is 0. The lowest BCUT2D eigenvalue weighted by molar-refractivity contribution is -0.134. The molecule has 168 valence electrons. The molecular formula is C25H36N4O2. The second-order valence-corrected chi connectivity index (χ2v) is 9.09. The number of anilines is 1. The molecule has 0 unspecified atom stereocenters. The maximum atomic E-state index is 13.1. The lowest BCUT2D eigenvalue weighted by Gasteiger charge is -2.36. The van der Waals surface area contributed by atoms with Crippen molar-refractivity contribution in [3.63, 3.8) is 0 Å². The first-order valence-corrected chi connectivity index (χ1v) is 11.7. The average Bonchev–Trinajstić information content (AvgIpc) is 2.77. The first-order chi connectivity index (χ1) is 15.0. The Kier molecular flexibility index (Phi) is 8.48. The number of rotatable bonds is 7. The second-order valence-electron chi connectivity index (χ2n) is 9.09. The highest BCUT2D eigenvalue weighted by Crippen LogP contribution is 2.27. The van der Waals surface area contributed by atoms with E-state index in [-0.39, 0.29) is 11.8 Å². The van der Waals surface area contributed by atoms with Crippen LogP contribution in [-0.2, 0) is 9.59 Å². The zero-order valence-corrected chi connectivity index (χ0v) is 19.1. The summed E-state index contributed by atoms with van der Waals surface area (Å²) in [6.07, 6.45) is 7.21. The molecule has 0 radical (unpaired) electrons. The third-order valence-corrected chi connectivity index (χ3v) is 6.82. The highest BCUT2D eigenvalue weighted by Gasteiger charge is 2.26. The number of hydrogen-bond donors (Lipinski definition) is 0. The number of carbonyl (C=O) groups excluding carboxylic acids is 2. The highest BCUT2D eigenvalue weighted by molar-refractivity contribution is 5.95. The van der Waals surface area contributed by atoms with E-state index in [9.17, 15) is 9.59 Å². The summed E-state index contributed by atoms with van der Waals surface area (Å²) in [5.41, 5.74) is 3.17. The summed E-state index contributed by atoms with van der Waals surface area (Å²) in [6, 6.07) is 8.15. The van der Waals surface area contributed by atoms with Gasteiger partial charge in [0.05, 0.1) is 19.0 Å². The van der Waals surface area contributed by atoms with Gasteiger partial charge in [-0.25, -0.2) is 0 Å². The minimum absolute atomic E-state index is 0.0143. The minimum Gasteiger partial charge on any atom is -0.340 e. The number of nitrogens with zero attached hydrogens (tertiary/aromatic N) is 4. The second kappa shape index (κ2) is 11.3. The molecule has 1 aliphatic carbocycles. The number of nitriles is 1. The van der Waals surface area contributed by atoms with Gasteiger partial charge in [0, 0.05) is 44.8 Å². The zero-order valence-electron chi connectivity index (χ0n) is 19.1. The van der Waals surface area contributed by atoms with Crippen LogP contribution in [0.1, 0.15) is 56.1 Å². The van der Waals surface area contributed by atoms with Crippen molar-refractivity contribution in [2.24, 2.45) is 5.92 Å². The summed E-state index contributed by atoms with van der Waals surface area (Å²) in [6.45, 7) is 7.65. The van der Waals surface area contributed by atoms with Crippen molar-refractivity contribution < 1.29 is 9.59 Å². The first kappa shape index (κ1) is 23.3. The average molecular weight is 425 g/mol. The van der Waals surface area contributed by atoms with E-state index in [2.05, 4.69) is 17.9 Å². The van der Waals surface area contributed by atoms with Crippen molar-refractivity contribution in [1.82, 2.24) is 9.80 Å². The molecule has 6 nitrogen and oxygen atoms in total. The predicted octanol–water partition coefficient (Wildman–Crippen LogP) is 3.66. The van der Waals surface area contributed by atoms with Crippen molar-refractivity contribution in [2.45, 2.75) is 58.8 Å². The normalized spacial score (nSPS) is 17.9. The molecule has 1 saturated heterocycles. The van der Waals surface area contributed by atoms with Gasteiger partial charge >= 0.3 is 0 Å². The SMILES string of the molecule is Cc1ccc(N(CCC#N)C(=O)CN2CCN(C(=O)CC3CCCCC3)CC2)cc1C. The Labute approximate surface area is 186 Å². The van der Waals surface area contributed by atoms with Gasteiger partial charge in [-0.2, -0.15) is 5.26 Å². The van der Waals surface area contributed by atoms with Crippen molar-refractivity contribution in [2.75, 3.05) is 44.2 Å². The van der Waals surface area contributed by atoms with Crippen molar-refractivity contribution in [3.05, 3.63) is 29.3 Å². The van der Waals surface area contributed by atoms with Crippen LogP contribution < -0.4 is 4.90 Å². The summed E-state index contributed by atoms with van der Waals surface area (Å²) in [5.74, 6) is 0.858. The van der Waals surface area contributed by atoms with E-state index >= 15 is 0 Å². The Morgan fingerprint density at radius 2 is 1.77 bits per heavy atom. The smallest absolute Gasteiger partial charge is 0.241 e. The van der Waals surface area contributed by atoms with Crippen LogP contribution in [0.2, 0.25) is 0 Å². The Morgan fingerprint density at radius 3 is 2.42 bits per heavy atom. The number of carbonyl (C=O) groups is 2. The molecule has 2 fully saturated rings. The Morgan fingerprint density at radius 1 is 1.06 bits per heavy atom. The molecule has 0 N–H and O–H groups in total. The fourth-order valence-electron chi connectivity index (χ4n) is 4.65. The van der Waals surface area contributed by atoms with Gasteiger partial charge in [-0.1, -0.05) is 25.3 Å². The largest absolute Gasteiger partial charge is 0.340 e. The van der Waals surface area contributed by atoms with E-state index in [1.807, 2.05) is 30.0 Å². The number of benzene rings is 1. The molecule has 1 heterocycles. The molecule has 31 heavy (non-hydrogen) atoms. The standard InChI is InChI=1S/C25H36N4O2/c1-20-9-10-23(17-21(20)2)29(12-6-11-26)25(31)19-27-13-15-28(16-14-27)24(30)18-22-7-4-3-5-8-22/h9-10,17,22H,3-8,12-16,18-19H2,1-2H3. The molecule has 2 amide bonds. The Balaban J connectivity index is 1.52. The molecule has 0 spiro atoms. The molecule has 2 aliphatic rings. The number of hydrogen-bond acceptors (Lipinski definition) is 4. The van der Waals surface area contributed by atoms with Crippen LogP contribution in [-0.4, -0.2) is 60.9 Å². The quantitative estimate of drug-likeness (QED) is 0.670. The topological polar surface area (TPSA) is 67.7 Å².